The number of aromatic nitrogens is 5. The molecule has 3 amide bonds. The summed E-state index contributed by atoms with van der Waals surface area (Å²) < 4.78 is 36.9. The number of nitrogens with one attached hydrogen (secondary N) is 4. The number of amides is 3. The van der Waals surface area contributed by atoms with Gasteiger partial charge in [-0.1, -0.05) is 0 Å². The highest BCUT2D eigenvalue weighted by Gasteiger charge is 2.52. The van der Waals surface area contributed by atoms with Crippen LogP contribution in [0.25, 0.3) is 16.8 Å². The van der Waals surface area contributed by atoms with Gasteiger partial charge < -0.3 is 19.9 Å². The highest BCUT2D eigenvalue weighted by atomic mass is 32.2. The molecule has 1 aliphatic carbocycles. The van der Waals surface area contributed by atoms with E-state index in [0.29, 0.717) is 66.0 Å². The van der Waals surface area contributed by atoms with Crippen LogP contribution in [-0.2, 0) is 26.2 Å². The van der Waals surface area contributed by atoms with Crippen molar-refractivity contribution >= 4 is 50.7 Å². The van der Waals surface area contributed by atoms with Gasteiger partial charge in [0.1, 0.15) is 6.04 Å². The molecule has 1 unspecified atom stereocenters. The Morgan fingerprint density at radius 2 is 1.89 bits per heavy atom. The topological polar surface area (TPSA) is 196 Å². The molecule has 0 bridgehead atoms. The number of sulfonamides is 1. The quantitative estimate of drug-likeness (QED) is 0.0980. The van der Waals surface area contributed by atoms with Crippen molar-refractivity contribution < 1.29 is 27.5 Å². The van der Waals surface area contributed by atoms with E-state index in [1.807, 2.05) is 32.0 Å². The van der Waals surface area contributed by atoms with E-state index in [9.17, 15) is 22.8 Å². The number of H-pyrrole nitrogens is 1. The van der Waals surface area contributed by atoms with Gasteiger partial charge in [-0.05, 0) is 105 Å². The third-order valence-corrected chi connectivity index (χ3v) is 13.2. The van der Waals surface area contributed by atoms with Crippen LogP contribution < -0.4 is 25.0 Å². The first-order chi connectivity index (χ1) is 27.5. The molecule has 2 saturated heterocycles. The Morgan fingerprint density at radius 3 is 2.65 bits per heavy atom. The monoisotopic (exact) mass is 792 g/mol. The number of nitrogens with zero attached hydrogens (tertiary/aromatic N) is 6. The number of aromatic amines is 1. The standard InChI is InChI=1S/C40H44N10O6S/c1-3-56-35-30(27-19-41-42-20-27)12-14-50-36(35)46-39(47-50)44-32-9-7-29(15-24(32)2)57(54,55)43-13-4-5-25-17-40(18-25)22-48(23-40)28-6-8-31-26(16-28)21-49(38(31)53)33-10-11-34(51)45-37(33)52/h6-9,12,14-16,19-20,25,33,43H,3-5,10-11,13,17-18,21-23H2,1-2H3,(H,41,42)(H,44,47)(H,45,51,52). The lowest BCUT2D eigenvalue weighted by Gasteiger charge is -2.60. The maximum atomic E-state index is 13.2. The first kappa shape index (κ1) is 36.8. The van der Waals surface area contributed by atoms with Crippen LogP contribution in [0.1, 0.15) is 66.9 Å². The lowest BCUT2D eigenvalue weighted by atomic mass is 9.56. The highest BCUT2D eigenvalue weighted by molar-refractivity contribution is 7.89. The average Bonchev–Trinajstić information content (AvgIpc) is 3.91. The molecule has 1 atom stereocenters. The van der Waals surface area contributed by atoms with Gasteiger partial charge in [-0.15, -0.1) is 5.10 Å². The molecule has 1 saturated carbocycles. The first-order valence-electron chi connectivity index (χ1n) is 19.4. The molecule has 1 spiro atoms. The van der Waals surface area contributed by atoms with E-state index in [1.54, 1.807) is 46.2 Å². The molecular formula is C40H44N10O6S. The number of fused-ring (bicyclic) bond motifs is 2. The van der Waals surface area contributed by atoms with Crippen LogP contribution in [0.3, 0.4) is 0 Å². The zero-order valence-corrected chi connectivity index (χ0v) is 32.6. The molecule has 16 nitrogen and oxygen atoms in total. The minimum absolute atomic E-state index is 0.160. The summed E-state index contributed by atoms with van der Waals surface area (Å²) in [6, 6.07) is 12.2. The molecule has 2 aromatic carbocycles. The molecule has 3 aromatic heterocycles. The van der Waals surface area contributed by atoms with Crippen molar-refractivity contribution in [2.45, 2.75) is 69.9 Å². The Kier molecular flexibility index (Phi) is 9.23. The fraction of sp³-hybridized carbons (Fsp3) is 0.400. The van der Waals surface area contributed by atoms with E-state index in [0.717, 1.165) is 66.7 Å². The Bertz CT molecular complexity index is 2500. The Morgan fingerprint density at radius 1 is 1.05 bits per heavy atom. The van der Waals surface area contributed by atoms with Crippen molar-refractivity contribution in [3.05, 3.63) is 77.7 Å². The predicted molar refractivity (Wildman–Crippen MR) is 210 cm³/mol. The van der Waals surface area contributed by atoms with Gasteiger partial charge in [-0.2, -0.15) is 10.1 Å². The van der Waals surface area contributed by atoms with Gasteiger partial charge in [-0.25, -0.2) is 17.7 Å². The number of carbonyl (C=O) groups excluding carboxylic acids is 3. The van der Waals surface area contributed by atoms with Crippen molar-refractivity contribution in [2.75, 3.05) is 36.5 Å². The van der Waals surface area contributed by atoms with Gasteiger partial charge in [0.15, 0.2) is 11.4 Å². The molecule has 3 fully saturated rings. The molecular weight excluding hydrogens is 749 g/mol. The number of benzene rings is 2. The average molecular weight is 793 g/mol. The van der Waals surface area contributed by atoms with E-state index >= 15 is 0 Å². The highest BCUT2D eigenvalue weighted by Crippen LogP contribution is 2.54. The first-order valence-corrected chi connectivity index (χ1v) is 20.9. The number of piperidine rings is 1. The zero-order chi connectivity index (χ0) is 39.5. The van der Waals surface area contributed by atoms with Crippen molar-refractivity contribution in [3.8, 4) is 16.9 Å². The number of rotatable bonds is 13. The summed E-state index contributed by atoms with van der Waals surface area (Å²) in [6.07, 6.45) is 9.86. The Balaban J connectivity index is 0.738. The summed E-state index contributed by atoms with van der Waals surface area (Å²) in [4.78, 5) is 45.9. The number of anilines is 3. The Hall–Kier alpha value is -5.81. The van der Waals surface area contributed by atoms with Gasteiger partial charge >= 0.3 is 0 Å². The summed E-state index contributed by atoms with van der Waals surface area (Å²) >= 11 is 0. The number of pyridine rings is 1. The van der Waals surface area contributed by atoms with Gasteiger partial charge in [0.2, 0.25) is 27.8 Å². The molecule has 296 valence electrons. The molecule has 17 heteroatoms. The van der Waals surface area contributed by atoms with E-state index in [1.165, 1.54) is 0 Å². The number of aryl methyl sites for hydroxylation is 1. The van der Waals surface area contributed by atoms with Gasteiger partial charge in [0.05, 0.1) is 17.7 Å². The number of ether oxygens (including phenoxy) is 1. The molecule has 5 aromatic rings. The third kappa shape index (κ3) is 6.88. The Labute approximate surface area is 329 Å². The van der Waals surface area contributed by atoms with E-state index in [4.69, 9.17) is 4.74 Å². The van der Waals surface area contributed by atoms with Crippen LogP contribution in [0.2, 0.25) is 0 Å². The maximum Gasteiger partial charge on any atom is 0.255 e. The van der Waals surface area contributed by atoms with Crippen molar-refractivity contribution in [1.29, 1.82) is 0 Å². The van der Waals surface area contributed by atoms with Crippen LogP contribution in [0.4, 0.5) is 17.3 Å². The smallest absolute Gasteiger partial charge is 0.255 e. The van der Waals surface area contributed by atoms with Gasteiger partial charge in [0.25, 0.3) is 5.91 Å². The lowest BCUT2D eigenvalue weighted by molar-refractivity contribution is -0.136. The molecule has 9 rings (SSSR count). The summed E-state index contributed by atoms with van der Waals surface area (Å²) in [6.45, 7) is 6.86. The summed E-state index contributed by atoms with van der Waals surface area (Å²) in [7, 11) is -3.70. The van der Waals surface area contributed by atoms with Gasteiger partial charge in [-0.3, -0.25) is 24.8 Å². The van der Waals surface area contributed by atoms with Crippen LogP contribution in [0.5, 0.6) is 5.75 Å². The van der Waals surface area contributed by atoms with Crippen molar-refractivity contribution in [1.82, 2.24) is 39.7 Å². The minimum Gasteiger partial charge on any atom is -0.489 e. The maximum absolute atomic E-state index is 13.2. The van der Waals surface area contributed by atoms with Crippen molar-refractivity contribution in [3.63, 3.8) is 0 Å². The second-order valence-electron chi connectivity index (χ2n) is 15.7. The zero-order valence-electron chi connectivity index (χ0n) is 31.7. The molecule has 4 N–H and O–H groups in total. The molecule has 57 heavy (non-hydrogen) atoms. The summed E-state index contributed by atoms with van der Waals surface area (Å²) in [5.74, 6) is 0.657. The number of carbonyl (C=O) groups is 3. The molecule has 3 aliphatic heterocycles. The van der Waals surface area contributed by atoms with Crippen molar-refractivity contribution in [2.24, 2.45) is 11.3 Å². The fourth-order valence-electron chi connectivity index (χ4n) is 8.96. The van der Waals surface area contributed by atoms with E-state index in [-0.39, 0.29) is 23.1 Å². The van der Waals surface area contributed by atoms with Crippen LogP contribution >= 0.6 is 0 Å². The molecule has 6 heterocycles. The predicted octanol–water partition coefficient (Wildman–Crippen LogP) is 4.31. The van der Waals surface area contributed by atoms with Crippen LogP contribution in [-0.4, -0.2) is 88.1 Å². The van der Waals surface area contributed by atoms with Crippen LogP contribution in [0.15, 0.2) is 66.0 Å². The largest absolute Gasteiger partial charge is 0.489 e. The molecule has 0 radical (unpaired) electrons. The number of hydrogen-bond donors (Lipinski definition) is 4. The summed E-state index contributed by atoms with van der Waals surface area (Å²) in [5.41, 5.74) is 6.59. The SMILES string of the molecule is CCOc1c(-c2cn[nH]c2)ccn2nc(Nc3ccc(S(=O)(=O)NCCCC4CC5(C4)CN(c4ccc6c(c4)CN(C4CCC(=O)NC4=O)C6=O)C5)cc3C)nc12. The number of imide groups is 1. The van der Waals surface area contributed by atoms with E-state index in [2.05, 4.69) is 46.6 Å². The van der Waals surface area contributed by atoms with Crippen LogP contribution in [0, 0.1) is 18.3 Å². The second-order valence-corrected chi connectivity index (χ2v) is 17.5. The normalized spacial score (nSPS) is 19.1. The number of hydrogen-bond acceptors (Lipinski definition) is 11. The van der Waals surface area contributed by atoms with E-state index < -0.39 is 22.0 Å². The summed E-state index contributed by atoms with van der Waals surface area (Å²) in [5, 5.41) is 17.0. The molecule has 4 aliphatic rings. The van der Waals surface area contributed by atoms with Gasteiger partial charge in [0, 0.05) is 78.5 Å². The third-order valence-electron chi connectivity index (χ3n) is 11.8. The minimum atomic E-state index is -3.70. The fourth-order valence-corrected chi connectivity index (χ4v) is 10.1. The second kappa shape index (κ2) is 14.3. The lowest BCUT2D eigenvalue weighted by Crippen LogP contribution is -2.62.